The summed E-state index contributed by atoms with van der Waals surface area (Å²) in [7, 11) is 0. The van der Waals surface area contributed by atoms with E-state index in [0.717, 1.165) is 0 Å². The monoisotopic (exact) mass is 142 g/mol. The highest BCUT2D eigenvalue weighted by atomic mass is 16.6. The van der Waals surface area contributed by atoms with Gasteiger partial charge in [0.15, 0.2) is 23.8 Å². The smallest absolute Gasteiger partial charge is 0.190 e. The fraction of sp³-hybridized carbons (Fsp3) is 0.667. The van der Waals surface area contributed by atoms with Crippen LogP contribution in [0, 0.1) is 0 Å². The lowest BCUT2D eigenvalue weighted by molar-refractivity contribution is -0.127. The van der Waals surface area contributed by atoms with Gasteiger partial charge < -0.3 is 9.47 Å². The van der Waals surface area contributed by atoms with E-state index in [1.807, 2.05) is 0 Å². The number of hydrogen-bond acceptors (Lipinski definition) is 4. The third-order valence-electron chi connectivity index (χ3n) is 1.72. The molecule has 0 aromatic rings. The van der Waals surface area contributed by atoms with Gasteiger partial charge in [0, 0.05) is 0 Å². The molecule has 10 heavy (non-hydrogen) atoms. The summed E-state index contributed by atoms with van der Waals surface area (Å²) in [4.78, 5) is 21.6. The molecule has 2 aliphatic rings. The first-order chi connectivity index (χ1) is 4.79. The van der Waals surface area contributed by atoms with Gasteiger partial charge in [-0.2, -0.15) is 0 Å². The Labute approximate surface area is 57.1 Å². The number of ether oxygens (including phenoxy) is 2. The molecule has 2 aliphatic heterocycles. The molecule has 2 heterocycles. The molecule has 2 rings (SSSR count). The van der Waals surface area contributed by atoms with E-state index in [1.54, 1.807) is 0 Å². The Kier molecular flexibility index (Phi) is 1.12. The maximum absolute atomic E-state index is 10.8. The van der Waals surface area contributed by atoms with Crippen molar-refractivity contribution < 1.29 is 19.1 Å². The molecule has 0 bridgehead atoms. The van der Waals surface area contributed by atoms with Gasteiger partial charge in [0.1, 0.15) is 13.2 Å². The number of ketones is 2. The molecule has 0 spiro atoms. The van der Waals surface area contributed by atoms with Gasteiger partial charge in [-0.1, -0.05) is 0 Å². The van der Waals surface area contributed by atoms with E-state index in [2.05, 4.69) is 0 Å². The highest BCUT2D eigenvalue weighted by Gasteiger charge is 2.46. The number of Topliss-reactive ketones (excluding diaryl/α,β-unsaturated/α-hetero) is 2. The molecule has 2 atom stereocenters. The Hall–Kier alpha value is -0.740. The average Bonchev–Trinajstić information content (AvgIpc) is 2.41. The Morgan fingerprint density at radius 1 is 1.00 bits per heavy atom. The highest BCUT2D eigenvalue weighted by Crippen LogP contribution is 2.20. The molecular weight excluding hydrogens is 136 g/mol. The van der Waals surface area contributed by atoms with E-state index in [4.69, 9.17) is 9.47 Å². The van der Waals surface area contributed by atoms with Crippen LogP contribution in [-0.4, -0.2) is 37.0 Å². The van der Waals surface area contributed by atoms with Crippen molar-refractivity contribution in [1.29, 1.82) is 0 Å². The zero-order chi connectivity index (χ0) is 7.14. The van der Waals surface area contributed by atoms with Crippen molar-refractivity contribution in [3.63, 3.8) is 0 Å². The van der Waals surface area contributed by atoms with Crippen molar-refractivity contribution in [2.45, 2.75) is 12.2 Å². The molecule has 0 N–H and O–H groups in total. The van der Waals surface area contributed by atoms with Crippen LogP contribution in [0.3, 0.4) is 0 Å². The van der Waals surface area contributed by atoms with Gasteiger partial charge in [-0.3, -0.25) is 9.59 Å². The van der Waals surface area contributed by atoms with Crippen LogP contribution < -0.4 is 0 Å². The normalized spacial score (nSPS) is 38.8. The lowest BCUT2D eigenvalue weighted by atomic mass is 10.1. The van der Waals surface area contributed by atoms with Crippen molar-refractivity contribution in [3.8, 4) is 0 Å². The SMILES string of the molecule is O=C1COC2C(=O)COC12. The molecule has 4 nitrogen and oxygen atoms in total. The van der Waals surface area contributed by atoms with Gasteiger partial charge in [0.05, 0.1) is 0 Å². The van der Waals surface area contributed by atoms with E-state index in [-0.39, 0.29) is 24.8 Å². The average molecular weight is 142 g/mol. The summed E-state index contributed by atoms with van der Waals surface area (Å²) >= 11 is 0. The summed E-state index contributed by atoms with van der Waals surface area (Å²) in [6, 6.07) is 0. The number of fused-ring (bicyclic) bond motifs is 1. The molecular formula is C6H6O4. The molecule has 0 aliphatic carbocycles. The van der Waals surface area contributed by atoms with Crippen LogP contribution in [0.25, 0.3) is 0 Å². The fourth-order valence-corrected chi connectivity index (χ4v) is 1.21. The first-order valence-electron chi connectivity index (χ1n) is 3.07. The standard InChI is InChI=1S/C6H6O4/c7-3-1-9-6-4(8)2-10-5(3)6/h5-6H,1-2H2. The number of rotatable bonds is 0. The van der Waals surface area contributed by atoms with Gasteiger partial charge >= 0.3 is 0 Å². The predicted octanol–water partition coefficient (Wildman–Crippen LogP) is -1.08. The van der Waals surface area contributed by atoms with Crippen LogP contribution in [0.4, 0.5) is 0 Å². The molecule has 0 saturated carbocycles. The molecule has 0 amide bonds. The number of carbonyl (C=O) groups excluding carboxylic acids is 2. The summed E-state index contributed by atoms with van der Waals surface area (Å²) in [6.07, 6.45) is -1.18. The maximum atomic E-state index is 10.8. The zero-order valence-corrected chi connectivity index (χ0v) is 5.20. The zero-order valence-electron chi connectivity index (χ0n) is 5.20. The van der Waals surface area contributed by atoms with Gasteiger partial charge in [0.25, 0.3) is 0 Å². The van der Waals surface area contributed by atoms with E-state index in [9.17, 15) is 9.59 Å². The molecule has 0 aromatic heterocycles. The molecule has 54 valence electrons. The second kappa shape index (κ2) is 1.87. The molecule has 0 radical (unpaired) electrons. The summed E-state index contributed by atoms with van der Waals surface area (Å²) in [5.41, 5.74) is 0. The maximum Gasteiger partial charge on any atom is 0.190 e. The second-order valence-corrected chi connectivity index (χ2v) is 2.40. The molecule has 0 aromatic carbocycles. The molecule has 2 fully saturated rings. The molecule has 2 saturated heterocycles. The van der Waals surface area contributed by atoms with Gasteiger partial charge in [-0.05, 0) is 0 Å². The van der Waals surface area contributed by atoms with Crippen LogP contribution in [0.5, 0.6) is 0 Å². The Morgan fingerprint density at radius 3 is 1.80 bits per heavy atom. The third-order valence-corrected chi connectivity index (χ3v) is 1.72. The van der Waals surface area contributed by atoms with Crippen molar-refractivity contribution in [2.75, 3.05) is 13.2 Å². The topological polar surface area (TPSA) is 52.6 Å². The number of carbonyl (C=O) groups is 2. The Balaban J connectivity index is 2.24. The van der Waals surface area contributed by atoms with E-state index >= 15 is 0 Å². The van der Waals surface area contributed by atoms with Crippen LogP contribution in [0.1, 0.15) is 0 Å². The summed E-state index contributed by atoms with van der Waals surface area (Å²) < 4.78 is 9.75. The third kappa shape index (κ3) is 0.629. The molecule has 4 heteroatoms. The van der Waals surface area contributed by atoms with Crippen LogP contribution in [0.2, 0.25) is 0 Å². The summed E-state index contributed by atoms with van der Waals surface area (Å²) in [5.74, 6) is -0.230. The minimum Gasteiger partial charge on any atom is -0.359 e. The summed E-state index contributed by atoms with van der Waals surface area (Å²) in [6.45, 7) is 0.0577. The lowest BCUT2D eigenvalue weighted by Gasteiger charge is -1.99. The Morgan fingerprint density at radius 2 is 1.40 bits per heavy atom. The van der Waals surface area contributed by atoms with Crippen molar-refractivity contribution in [1.82, 2.24) is 0 Å². The van der Waals surface area contributed by atoms with Gasteiger partial charge in [0.2, 0.25) is 0 Å². The van der Waals surface area contributed by atoms with Crippen LogP contribution in [-0.2, 0) is 19.1 Å². The van der Waals surface area contributed by atoms with E-state index in [0.29, 0.717) is 0 Å². The largest absolute Gasteiger partial charge is 0.359 e. The van der Waals surface area contributed by atoms with Gasteiger partial charge in [-0.15, -0.1) is 0 Å². The van der Waals surface area contributed by atoms with Crippen LogP contribution >= 0.6 is 0 Å². The summed E-state index contributed by atoms with van der Waals surface area (Å²) in [5, 5.41) is 0. The fourth-order valence-electron chi connectivity index (χ4n) is 1.21. The quantitative estimate of drug-likeness (QED) is 0.431. The second-order valence-electron chi connectivity index (χ2n) is 2.40. The minimum atomic E-state index is -0.590. The van der Waals surface area contributed by atoms with E-state index in [1.165, 1.54) is 0 Å². The van der Waals surface area contributed by atoms with Crippen molar-refractivity contribution in [2.24, 2.45) is 0 Å². The van der Waals surface area contributed by atoms with Crippen molar-refractivity contribution >= 4 is 11.6 Å². The van der Waals surface area contributed by atoms with E-state index < -0.39 is 12.2 Å². The van der Waals surface area contributed by atoms with Crippen molar-refractivity contribution in [3.05, 3.63) is 0 Å². The highest BCUT2D eigenvalue weighted by molar-refractivity contribution is 5.99. The first-order valence-corrected chi connectivity index (χ1v) is 3.07. The minimum absolute atomic E-state index is 0.0288. The Bertz CT molecular complexity index is 176. The predicted molar refractivity (Wildman–Crippen MR) is 29.5 cm³/mol. The lowest BCUT2D eigenvalue weighted by Crippen LogP contribution is -2.25. The van der Waals surface area contributed by atoms with Crippen LogP contribution in [0.15, 0.2) is 0 Å². The van der Waals surface area contributed by atoms with Gasteiger partial charge in [-0.25, -0.2) is 0 Å². The number of hydrogen-bond donors (Lipinski definition) is 0. The first kappa shape index (κ1) is 6.00. The molecule has 2 unspecified atom stereocenters.